The van der Waals surface area contributed by atoms with Gasteiger partial charge >= 0.3 is 6.09 Å². The van der Waals surface area contributed by atoms with Crippen LogP contribution in [0.15, 0.2) is 78.9 Å². The largest absolute Gasteiger partial charge is 0.415 e. The summed E-state index contributed by atoms with van der Waals surface area (Å²) in [5, 5.41) is 0. The predicted molar refractivity (Wildman–Crippen MR) is 124 cm³/mol. The molecule has 0 spiro atoms. The van der Waals surface area contributed by atoms with Crippen molar-refractivity contribution in [2.75, 3.05) is 19.6 Å². The second kappa shape index (κ2) is 9.96. The van der Waals surface area contributed by atoms with Crippen LogP contribution >= 0.6 is 0 Å². The van der Waals surface area contributed by atoms with Crippen LogP contribution in [0.4, 0.5) is 9.18 Å². The van der Waals surface area contributed by atoms with Crippen molar-refractivity contribution in [3.63, 3.8) is 0 Å². The molecule has 0 bridgehead atoms. The van der Waals surface area contributed by atoms with Crippen molar-refractivity contribution in [2.24, 2.45) is 0 Å². The van der Waals surface area contributed by atoms with Gasteiger partial charge < -0.3 is 9.64 Å². The average molecular weight is 433 g/mol. The second-order valence-electron chi connectivity index (χ2n) is 8.37. The van der Waals surface area contributed by atoms with Gasteiger partial charge in [-0.3, -0.25) is 4.90 Å². The molecule has 4 rings (SSSR count). The normalized spacial score (nSPS) is 18.5. The Balaban J connectivity index is 1.56. The smallest absolute Gasteiger partial charge is 0.410 e. The minimum absolute atomic E-state index is 0.0629. The van der Waals surface area contributed by atoms with Gasteiger partial charge in [-0.2, -0.15) is 0 Å². The first-order valence-corrected chi connectivity index (χ1v) is 11.1. The van der Waals surface area contributed by atoms with Gasteiger partial charge in [-0.1, -0.05) is 60.2 Å². The molecule has 4 nitrogen and oxygen atoms in total. The van der Waals surface area contributed by atoms with Crippen molar-refractivity contribution < 1.29 is 13.9 Å². The first-order chi connectivity index (χ1) is 15.5. The summed E-state index contributed by atoms with van der Waals surface area (Å²) in [6.45, 7) is 6.83. The summed E-state index contributed by atoms with van der Waals surface area (Å²) in [6, 6.07) is 24.4. The van der Waals surface area contributed by atoms with Gasteiger partial charge in [-0.15, -0.1) is 0 Å². The van der Waals surface area contributed by atoms with E-state index in [1.165, 1.54) is 17.7 Å². The van der Waals surface area contributed by atoms with Gasteiger partial charge in [0.15, 0.2) is 0 Å². The van der Waals surface area contributed by atoms with Crippen molar-refractivity contribution in [3.8, 4) is 5.75 Å². The van der Waals surface area contributed by atoms with Crippen molar-refractivity contribution in [1.29, 1.82) is 0 Å². The Kier molecular flexibility index (Phi) is 6.86. The number of aryl methyl sites for hydroxylation is 1. The van der Waals surface area contributed by atoms with Crippen molar-refractivity contribution in [3.05, 3.63) is 101 Å². The van der Waals surface area contributed by atoms with Crippen LogP contribution in [0, 0.1) is 12.7 Å². The fraction of sp³-hybridized carbons (Fsp3) is 0.296. The molecule has 32 heavy (non-hydrogen) atoms. The molecule has 1 fully saturated rings. The summed E-state index contributed by atoms with van der Waals surface area (Å²) >= 11 is 0. The highest BCUT2D eigenvalue weighted by molar-refractivity contribution is 5.71. The lowest BCUT2D eigenvalue weighted by Crippen LogP contribution is -2.45. The van der Waals surface area contributed by atoms with E-state index in [0.717, 1.165) is 30.8 Å². The lowest BCUT2D eigenvalue weighted by Gasteiger charge is -2.31. The molecule has 0 N–H and O–H groups in total. The molecular formula is C27H29FN2O2. The SMILES string of the molecule is CCN(C(=O)Oc1ccc(C)cc1)[C@@H]1CN(Cc2ccccc2)C[C@H]1c1ccc(F)cc1. The molecule has 0 aromatic heterocycles. The molecule has 0 saturated carbocycles. The number of carbonyl (C=O) groups is 1. The van der Waals surface area contributed by atoms with Gasteiger partial charge in [-0.25, -0.2) is 9.18 Å². The van der Waals surface area contributed by atoms with Gasteiger partial charge in [0.25, 0.3) is 0 Å². The second-order valence-corrected chi connectivity index (χ2v) is 8.37. The number of amides is 1. The molecule has 166 valence electrons. The van der Waals surface area contributed by atoms with Crippen molar-refractivity contribution in [2.45, 2.75) is 32.4 Å². The minimum atomic E-state index is -0.352. The third kappa shape index (κ3) is 5.17. The molecule has 1 aliphatic rings. The number of likely N-dealkylation sites (N-methyl/N-ethyl adjacent to an activating group) is 1. The van der Waals surface area contributed by atoms with Gasteiger partial charge in [0.2, 0.25) is 0 Å². The lowest BCUT2D eigenvalue weighted by atomic mass is 9.93. The Bertz CT molecular complexity index is 1020. The molecular weight excluding hydrogens is 403 g/mol. The average Bonchev–Trinajstić information content (AvgIpc) is 3.20. The van der Waals surface area contributed by atoms with Crippen LogP contribution in [0.1, 0.15) is 29.5 Å². The molecule has 0 aliphatic carbocycles. The third-order valence-corrected chi connectivity index (χ3v) is 6.11. The maximum atomic E-state index is 13.6. The molecule has 0 radical (unpaired) electrons. The molecule has 3 aromatic carbocycles. The molecule has 1 heterocycles. The topological polar surface area (TPSA) is 32.8 Å². The van der Waals surface area contributed by atoms with E-state index >= 15 is 0 Å². The highest BCUT2D eigenvalue weighted by Crippen LogP contribution is 2.33. The monoisotopic (exact) mass is 432 g/mol. The Morgan fingerprint density at radius 3 is 2.34 bits per heavy atom. The molecule has 0 unspecified atom stereocenters. The third-order valence-electron chi connectivity index (χ3n) is 6.11. The van der Waals surface area contributed by atoms with Crippen molar-refractivity contribution >= 4 is 6.09 Å². The van der Waals surface area contributed by atoms with Crippen LogP contribution in [0.25, 0.3) is 0 Å². The number of rotatable bonds is 6. The summed E-state index contributed by atoms with van der Waals surface area (Å²) in [7, 11) is 0. The zero-order valence-corrected chi connectivity index (χ0v) is 18.6. The van der Waals surface area contributed by atoms with E-state index in [4.69, 9.17) is 4.74 Å². The van der Waals surface area contributed by atoms with Crippen molar-refractivity contribution in [1.82, 2.24) is 9.80 Å². The Morgan fingerprint density at radius 2 is 1.69 bits per heavy atom. The number of nitrogens with zero attached hydrogens (tertiary/aromatic N) is 2. The minimum Gasteiger partial charge on any atom is -0.410 e. The highest BCUT2D eigenvalue weighted by Gasteiger charge is 2.39. The number of hydrogen-bond acceptors (Lipinski definition) is 3. The maximum Gasteiger partial charge on any atom is 0.415 e. The van der Waals surface area contributed by atoms with Gasteiger partial charge in [0, 0.05) is 32.1 Å². The van der Waals surface area contributed by atoms with E-state index in [1.807, 2.05) is 68.4 Å². The molecule has 5 heteroatoms. The van der Waals surface area contributed by atoms with Crippen LogP contribution in [0.3, 0.4) is 0 Å². The number of carbonyl (C=O) groups excluding carboxylic acids is 1. The van der Waals surface area contributed by atoms with E-state index in [9.17, 15) is 9.18 Å². The van der Waals surface area contributed by atoms with Crippen LogP contribution in [-0.2, 0) is 6.54 Å². The highest BCUT2D eigenvalue weighted by atomic mass is 19.1. The van der Waals surface area contributed by atoms with E-state index < -0.39 is 0 Å². The van der Waals surface area contributed by atoms with Crippen LogP contribution in [0.2, 0.25) is 0 Å². The van der Waals surface area contributed by atoms with E-state index in [1.54, 1.807) is 4.90 Å². The Labute approximate surface area is 189 Å². The lowest BCUT2D eigenvalue weighted by molar-refractivity contribution is 0.131. The zero-order chi connectivity index (χ0) is 22.5. The van der Waals surface area contributed by atoms with E-state index in [0.29, 0.717) is 12.3 Å². The van der Waals surface area contributed by atoms with Crippen LogP contribution in [-0.4, -0.2) is 41.6 Å². The number of hydrogen-bond donors (Lipinski definition) is 0. The first kappa shape index (κ1) is 22.0. The molecule has 1 saturated heterocycles. The van der Waals surface area contributed by atoms with Gasteiger partial charge in [0.05, 0.1) is 6.04 Å². The summed E-state index contributed by atoms with van der Waals surface area (Å²) in [5.41, 5.74) is 3.38. The van der Waals surface area contributed by atoms with E-state index in [-0.39, 0.29) is 23.9 Å². The number of likely N-dealkylation sites (tertiary alicyclic amines) is 1. The fourth-order valence-electron chi connectivity index (χ4n) is 4.45. The standard InChI is InChI=1S/C27H29FN2O2/c1-3-30(27(31)32-24-15-9-20(2)10-16-24)26-19-29(17-21-7-5-4-6-8-21)18-25(26)22-11-13-23(28)14-12-22/h4-16,25-26H,3,17-19H2,1-2H3/t25-,26+/m0/s1. The summed E-state index contributed by atoms with van der Waals surface area (Å²) in [6.07, 6.45) is -0.352. The number of halogens is 1. The summed E-state index contributed by atoms with van der Waals surface area (Å²) in [4.78, 5) is 17.3. The number of benzene rings is 3. The fourth-order valence-corrected chi connectivity index (χ4v) is 4.45. The van der Waals surface area contributed by atoms with Crippen LogP contribution in [0.5, 0.6) is 5.75 Å². The number of ether oxygens (including phenoxy) is 1. The Morgan fingerprint density at radius 1 is 1.00 bits per heavy atom. The first-order valence-electron chi connectivity index (χ1n) is 11.1. The summed E-state index contributed by atoms with van der Waals surface area (Å²) in [5.74, 6) is 0.358. The van der Waals surface area contributed by atoms with Crippen LogP contribution < -0.4 is 4.74 Å². The predicted octanol–water partition coefficient (Wildman–Crippen LogP) is 5.62. The molecule has 1 aliphatic heterocycles. The molecule has 3 aromatic rings. The zero-order valence-electron chi connectivity index (χ0n) is 18.6. The summed E-state index contributed by atoms with van der Waals surface area (Å²) < 4.78 is 19.3. The maximum absolute atomic E-state index is 13.6. The van der Waals surface area contributed by atoms with Gasteiger partial charge in [-0.05, 0) is 49.2 Å². The quantitative estimate of drug-likeness (QED) is 0.507. The molecule has 1 amide bonds. The van der Waals surface area contributed by atoms with Gasteiger partial charge in [0.1, 0.15) is 11.6 Å². The Hall–Kier alpha value is -3.18. The molecule has 2 atom stereocenters. The van der Waals surface area contributed by atoms with E-state index in [2.05, 4.69) is 17.0 Å².